The zero-order valence-corrected chi connectivity index (χ0v) is 9.76. The topological polar surface area (TPSA) is 68.5 Å². The Hall–Kier alpha value is -1.46. The van der Waals surface area contributed by atoms with Crippen LogP contribution in [-0.4, -0.2) is 48.6 Å². The van der Waals surface area contributed by atoms with E-state index in [-0.39, 0.29) is 0 Å². The van der Waals surface area contributed by atoms with E-state index in [1.807, 2.05) is 0 Å². The smallest absolute Gasteiger partial charge is 0.250 e. The van der Waals surface area contributed by atoms with E-state index >= 15 is 0 Å². The molecule has 1 fully saturated rings. The van der Waals surface area contributed by atoms with Crippen LogP contribution in [0.15, 0.2) is 18.3 Å². The van der Waals surface area contributed by atoms with Crippen molar-refractivity contribution in [1.29, 1.82) is 0 Å². The fraction of sp³-hybridized carbons (Fsp3) is 0.500. The van der Waals surface area contributed by atoms with E-state index in [0.29, 0.717) is 5.56 Å². The molecule has 92 valence electrons. The summed E-state index contributed by atoms with van der Waals surface area (Å²) in [6.07, 6.45) is 2.44. The Kier molecular flexibility index (Phi) is 4.06. The van der Waals surface area contributed by atoms with Crippen LogP contribution in [0.4, 0.5) is 0 Å². The van der Waals surface area contributed by atoms with Gasteiger partial charge in [-0.3, -0.25) is 14.7 Å². The maximum absolute atomic E-state index is 11.2. The Labute approximate surface area is 101 Å². The van der Waals surface area contributed by atoms with Gasteiger partial charge in [0.25, 0.3) is 5.91 Å². The van der Waals surface area contributed by atoms with Crippen molar-refractivity contribution in [2.75, 3.05) is 32.8 Å². The van der Waals surface area contributed by atoms with Crippen LogP contribution in [-0.2, 0) is 11.2 Å². The van der Waals surface area contributed by atoms with Gasteiger partial charge in [-0.15, -0.1) is 0 Å². The van der Waals surface area contributed by atoms with Crippen molar-refractivity contribution in [2.24, 2.45) is 5.73 Å². The van der Waals surface area contributed by atoms with Crippen molar-refractivity contribution < 1.29 is 9.53 Å². The number of amides is 1. The van der Waals surface area contributed by atoms with Crippen molar-refractivity contribution in [2.45, 2.75) is 6.42 Å². The summed E-state index contributed by atoms with van der Waals surface area (Å²) in [6.45, 7) is 4.34. The fourth-order valence-corrected chi connectivity index (χ4v) is 1.95. The average molecular weight is 235 g/mol. The molecule has 1 aliphatic heterocycles. The lowest BCUT2D eigenvalue weighted by Crippen LogP contribution is -2.37. The molecule has 0 unspecified atom stereocenters. The number of primary amides is 1. The van der Waals surface area contributed by atoms with Crippen LogP contribution in [0.5, 0.6) is 0 Å². The summed E-state index contributed by atoms with van der Waals surface area (Å²) in [5.41, 5.74) is 6.62. The van der Waals surface area contributed by atoms with Crippen molar-refractivity contribution >= 4 is 5.91 Å². The molecule has 0 aliphatic carbocycles. The van der Waals surface area contributed by atoms with Gasteiger partial charge in [0.1, 0.15) is 0 Å². The molecule has 0 aromatic carbocycles. The maximum Gasteiger partial charge on any atom is 0.250 e. The molecule has 1 aliphatic rings. The minimum Gasteiger partial charge on any atom is -0.379 e. The highest BCUT2D eigenvalue weighted by atomic mass is 16.5. The summed E-state index contributed by atoms with van der Waals surface area (Å²) in [7, 11) is 0. The van der Waals surface area contributed by atoms with Gasteiger partial charge >= 0.3 is 0 Å². The summed E-state index contributed by atoms with van der Waals surface area (Å²) in [5, 5.41) is 0. The second-order valence-corrected chi connectivity index (χ2v) is 4.07. The lowest BCUT2D eigenvalue weighted by atomic mass is 10.1. The summed E-state index contributed by atoms with van der Waals surface area (Å²) in [6, 6.07) is 3.46. The molecule has 5 heteroatoms. The molecule has 5 nitrogen and oxygen atoms in total. The molecule has 1 aromatic heterocycles. The first kappa shape index (κ1) is 12.0. The highest BCUT2D eigenvalue weighted by molar-refractivity contribution is 5.93. The van der Waals surface area contributed by atoms with Gasteiger partial charge in [-0.1, -0.05) is 0 Å². The van der Waals surface area contributed by atoms with Crippen LogP contribution < -0.4 is 5.73 Å². The maximum atomic E-state index is 11.2. The second-order valence-electron chi connectivity index (χ2n) is 4.07. The summed E-state index contributed by atoms with van der Waals surface area (Å²) >= 11 is 0. The van der Waals surface area contributed by atoms with Crippen molar-refractivity contribution in [1.82, 2.24) is 9.88 Å². The number of nitrogens with two attached hydrogens (primary N) is 1. The number of aromatic nitrogens is 1. The van der Waals surface area contributed by atoms with Crippen molar-refractivity contribution in [3.63, 3.8) is 0 Å². The number of carbonyl (C=O) groups is 1. The van der Waals surface area contributed by atoms with E-state index in [4.69, 9.17) is 10.5 Å². The lowest BCUT2D eigenvalue weighted by Gasteiger charge is -2.26. The Morgan fingerprint density at radius 3 is 2.94 bits per heavy atom. The molecule has 2 rings (SSSR count). The third-order valence-corrected chi connectivity index (χ3v) is 2.92. The quantitative estimate of drug-likeness (QED) is 0.801. The summed E-state index contributed by atoms with van der Waals surface area (Å²) < 4.78 is 5.28. The van der Waals surface area contributed by atoms with E-state index in [0.717, 1.165) is 45.0 Å². The van der Waals surface area contributed by atoms with Gasteiger partial charge in [0, 0.05) is 32.3 Å². The minimum absolute atomic E-state index is 0.407. The molecule has 2 heterocycles. The number of ether oxygens (including phenoxy) is 1. The zero-order chi connectivity index (χ0) is 12.1. The van der Waals surface area contributed by atoms with Crippen LogP contribution in [0, 0.1) is 0 Å². The normalized spacial score (nSPS) is 16.9. The van der Waals surface area contributed by atoms with Gasteiger partial charge in [-0.05, 0) is 12.1 Å². The van der Waals surface area contributed by atoms with Gasteiger partial charge in [0.15, 0.2) is 0 Å². The Morgan fingerprint density at radius 1 is 1.47 bits per heavy atom. The minimum atomic E-state index is -0.407. The molecule has 1 amide bonds. The highest BCUT2D eigenvalue weighted by Gasteiger charge is 2.13. The molecule has 0 radical (unpaired) electrons. The van der Waals surface area contributed by atoms with Crippen LogP contribution >= 0.6 is 0 Å². The molecule has 0 bridgehead atoms. The number of nitrogens with zero attached hydrogens (tertiary/aromatic N) is 2. The number of hydrogen-bond donors (Lipinski definition) is 1. The Balaban J connectivity index is 1.96. The summed E-state index contributed by atoms with van der Waals surface area (Å²) in [5.74, 6) is -0.407. The van der Waals surface area contributed by atoms with E-state index in [1.54, 1.807) is 18.3 Å². The predicted octanol–water partition coefficient (Wildman–Crippen LogP) is 0.0552. The van der Waals surface area contributed by atoms with Gasteiger partial charge in [-0.25, -0.2) is 0 Å². The van der Waals surface area contributed by atoms with Gasteiger partial charge in [0.05, 0.1) is 24.5 Å². The molecule has 1 saturated heterocycles. The number of morpholine rings is 1. The zero-order valence-electron chi connectivity index (χ0n) is 9.76. The molecule has 0 atom stereocenters. The van der Waals surface area contributed by atoms with E-state index in [9.17, 15) is 4.79 Å². The second kappa shape index (κ2) is 5.75. The van der Waals surface area contributed by atoms with Crippen molar-refractivity contribution in [3.8, 4) is 0 Å². The first-order valence-electron chi connectivity index (χ1n) is 5.81. The molecule has 0 saturated carbocycles. The standard InChI is InChI=1S/C12H17N3O2/c13-12(16)10-2-1-4-14-11(10)3-5-15-6-8-17-9-7-15/h1-2,4H,3,5-9H2,(H2,13,16). The van der Waals surface area contributed by atoms with E-state index < -0.39 is 5.91 Å². The van der Waals surface area contributed by atoms with E-state index in [1.165, 1.54) is 0 Å². The molecular formula is C12H17N3O2. The van der Waals surface area contributed by atoms with Gasteiger partial charge < -0.3 is 10.5 Å². The molecular weight excluding hydrogens is 218 g/mol. The molecule has 0 spiro atoms. The van der Waals surface area contributed by atoms with Gasteiger partial charge in [-0.2, -0.15) is 0 Å². The molecule has 1 aromatic rings. The van der Waals surface area contributed by atoms with Crippen LogP contribution in [0.3, 0.4) is 0 Å². The molecule has 2 N–H and O–H groups in total. The van der Waals surface area contributed by atoms with E-state index in [2.05, 4.69) is 9.88 Å². The van der Waals surface area contributed by atoms with Gasteiger partial charge in [0.2, 0.25) is 0 Å². The SMILES string of the molecule is NC(=O)c1cccnc1CCN1CCOCC1. The third-order valence-electron chi connectivity index (χ3n) is 2.92. The lowest BCUT2D eigenvalue weighted by molar-refractivity contribution is 0.0383. The monoisotopic (exact) mass is 235 g/mol. The predicted molar refractivity (Wildman–Crippen MR) is 63.7 cm³/mol. The third kappa shape index (κ3) is 3.25. The fourth-order valence-electron chi connectivity index (χ4n) is 1.95. The summed E-state index contributed by atoms with van der Waals surface area (Å²) in [4.78, 5) is 17.8. The van der Waals surface area contributed by atoms with Crippen LogP contribution in [0.25, 0.3) is 0 Å². The largest absolute Gasteiger partial charge is 0.379 e. The first-order chi connectivity index (χ1) is 8.27. The number of pyridine rings is 1. The Morgan fingerprint density at radius 2 is 2.24 bits per heavy atom. The number of hydrogen-bond acceptors (Lipinski definition) is 4. The van der Waals surface area contributed by atoms with Crippen LogP contribution in [0.1, 0.15) is 16.1 Å². The number of carbonyl (C=O) groups excluding carboxylic acids is 1. The van der Waals surface area contributed by atoms with Crippen molar-refractivity contribution in [3.05, 3.63) is 29.6 Å². The molecule has 17 heavy (non-hydrogen) atoms. The van der Waals surface area contributed by atoms with Crippen LogP contribution in [0.2, 0.25) is 0 Å². The number of rotatable bonds is 4. The Bertz CT molecular complexity index is 389. The highest BCUT2D eigenvalue weighted by Crippen LogP contribution is 2.07. The average Bonchev–Trinajstić information content (AvgIpc) is 2.38. The first-order valence-corrected chi connectivity index (χ1v) is 5.81.